The molecule has 2 aromatic carbocycles. The number of benzene rings is 2. The Morgan fingerprint density at radius 2 is 2.05 bits per heavy atom. The molecule has 3 nitrogen and oxygen atoms in total. The summed E-state index contributed by atoms with van der Waals surface area (Å²) >= 11 is 0. The van der Waals surface area contributed by atoms with E-state index in [4.69, 9.17) is 4.42 Å². The molecule has 0 saturated heterocycles. The lowest BCUT2D eigenvalue weighted by atomic mass is 10.1. The standard InChI is InChI=1S/C16H16N2O/c1-3-11-7-8-15-14(9-11)18-16(19-15)12-5-4-6-13(10-12)17-2/h4-10,17H,3H2,1-2H3. The maximum absolute atomic E-state index is 5.81. The summed E-state index contributed by atoms with van der Waals surface area (Å²) < 4.78 is 5.81. The first-order valence-corrected chi connectivity index (χ1v) is 6.48. The molecule has 0 radical (unpaired) electrons. The number of nitrogens with zero attached hydrogens (tertiary/aromatic N) is 1. The Morgan fingerprint density at radius 1 is 1.16 bits per heavy atom. The predicted octanol–water partition coefficient (Wildman–Crippen LogP) is 4.10. The van der Waals surface area contributed by atoms with Gasteiger partial charge in [-0.1, -0.05) is 19.1 Å². The van der Waals surface area contributed by atoms with Crippen molar-refractivity contribution in [1.29, 1.82) is 0 Å². The molecule has 0 amide bonds. The molecule has 19 heavy (non-hydrogen) atoms. The van der Waals surface area contributed by atoms with E-state index in [1.54, 1.807) is 0 Å². The highest BCUT2D eigenvalue weighted by Gasteiger charge is 2.08. The zero-order chi connectivity index (χ0) is 13.2. The minimum absolute atomic E-state index is 0.667. The van der Waals surface area contributed by atoms with Crippen LogP contribution in [0.1, 0.15) is 12.5 Å². The summed E-state index contributed by atoms with van der Waals surface area (Å²) in [5, 5.41) is 3.12. The van der Waals surface area contributed by atoms with Crippen LogP contribution in [-0.2, 0) is 6.42 Å². The Hall–Kier alpha value is -2.29. The smallest absolute Gasteiger partial charge is 0.227 e. The summed E-state index contributed by atoms with van der Waals surface area (Å²) in [4.78, 5) is 4.57. The molecule has 0 spiro atoms. The normalized spacial score (nSPS) is 10.8. The van der Waals surface area contributed by atoms with Crippen LogP contribution in [0.25, 0.3) is 22.6 Å². The second kappa shape index (κ2) is 4.76. The summed E-state index contributed by atoms with van der Waals surface area (Å²) in [6.07, 6.45) is 1.01. The first-order valence-electron chi connectivity index (χ1n) is 6.48. The first kappa shape index (κ1) is 11.8. The average Bonchev–Trinajstić information content (AvgIpc) is 2.90. The summed E-state index contributed by atoms with van der Waals surface area (Å²) in [6.45, 7) is 2.14. The Morgan fingerprint density at radius 3 is 2.84 bits per heavy atom. The van der Waals surface area contributed by atoms with Gasteiger partial charge in [0.15, 0.2) is 5.58 Å². The third-order valence-corrected chi connectivity index (χ3v) is 3.26. The minimum atomic E-state index is 0.667. The van der Waals surface area contributed by atoms with Crippen molar-refractivity contribution >= 4 is 16.8 Å². The van der Waals surface area contributed by atoms with Gasteiger partial charge in [0.25, 0.3) is 0 Å². The fraction of sp³-hybridized carbons (Fsp3) is 0.188. The predicted molar refractivity (Wildman–Crippen MR) is 78.4 cm³/mol. The number of aromatic nitrogens is 1. The van der Waals surface area contributed by atoms with Gasteiger partial charge in [0.2, 0.25) is 5.89 Å². The fourth-order valence-corrected chi connectivity index (χ4v) is 2.12. The van der Waals surface area contributed by atoms with Crippen LogP contribution in [-0.4, -0.2) is 12.0 Å². The number of oxazole rings is 1. The first-order chi connectivity index (χ1) is 9.30. The number of rotatable bonds is 3. The van der Waals surface area contributed by atoms with E-state index in [2.05, 4.69) is 29.4 Å². The second-order valence-electron chi connectivity index (χ2n) is 4.51. The van der Waals surface area contributed by atoms with E-state index in [0.29, 0.717) is 5.89 Å². The maximum atomic E-state index is 5.81. The molecule has 3 heteroatoms. The van der Waals surface area contributed by atoms with E-state index in [1.807, 2.05) is 37.4 Å². The van der Waals surface area contributed by atoms with Crippen molar-refractivity contribution < 1.29 is 4.42 Å². The van der Waals surface area contributed by atoms with Crippen LogP contribution in [0.3, 0.4) is 0 Å². The lowest BCUT2D eigenvalue weighted by Crippen LogP contribution is -1.87. The van der Waals surface area contributed by atoms with Gasteiger partial charge in [0.05, 0.1) is 0 Å². The second-order valence-corrected chi connectivity index (χ2v) is 4.51. The minimum Gasteiger partial charge on any atom is -0.436 e. The Balaban J connectivity index is 2.09. The molecule has 0 aliphatic heterocycles. The molecular weight excluding hydrogens is 236 g/mol. The SMILES string of the molecule is CCc1ccc2oc(-c3cccc(NC)c3)nc2c1. The molecular formula is C16H16N2O. The van der Waals surface area contributed by atoms with E-state index in [-0.39, 0.29) is 0 Å². The van der Waals surface area contributed by atoms with E-state index in [9.17, 15) is 0 Å². The average molecular weight is 252 g/mol. The Kier molecular flexibility index (Phi) is 2.95. The van der Waals surface area contributed by atoms with Gasteiger partial charge in [-0.2, -0.15) is 0 Å². The van der Waals surface area contributed by atoms with Crippen LogP contribution in [0.5, 0.6) is 0 Å². The molecule has 0 unspecified atom stereocenters. The van der Waals surface area contributed by atoms with Crippen molar-refractivity contribution in [3.63, 3.8) is 0 Å². The van der Waals surface area contributed by atoms with Gasteiger partial charge in [0.1, 0.15) is 5.52 Å². The van der Waals surface area contributed by atoms with Gasteiger partial charge in [-0.3, -0.25) is 0 Å². The van der Waals surface area contributed by atoms with Crippen molar-refractivity contribution in [1.82, 2.24) is 4.98 Å². The van der Waals surface area contributed by atoms with Crippen molar-refractivity contribution in [2.45, 2.75) is 13.3 Å². The van der Waals surface area contributed by atoms with Crippen molar-refractivity contribution in [3.8, 4) is 11.5 Å². The highest BCUT2D eigenvalue weighted by atomic mass is 16.3. The molecule has 0 saturated carbocycles. The van der Waals surface area contributed by atoms with Gasteiger partial charge in [0, 0.05) is 18.3 Å². The molecule has 0 aliphatic carbocycles. The fourth-order valence-electron chi connectivity index (χ4n) is 2.12. The number of anilines is 1. The highest BCUT2D eigenvalue weighted by Crippen LogP contribution is 2.26. The lowest BCUT2D eigenvalue weighted by Gasteiger charge is -2.00. The van der Waals surface area contributed by atoms with Crippen LogP contribution in [0.15, 0.2) is 46.9 Å². The van der Waals surface area contributed by atoms with Crippen LogP contribution < -0.4 is 5.32 Å². The quantitative estimate of drug-likeness (QED) is 0.762. The van der Waals surface area contributed by atoms with E-state index in [0.717, 1.165) is 28.8 Å². The number of hydrogen-bond acceptors (Lipinski definition) is 3. The van der Waals surface area contributed by atoms with Crippen LogP contribution in [0.2, 0.25) is 0 Å². The van der Waals surface area contributed by atoms with Crippen LogP contribution in [0, 0.1) is 0 Å². The van der Waals surface area contributed by atoms with Crippen LogP contribution in [0.4, 0.5) is 5.69 Å². The molecule has 1 aromatic heterocycles. The largest absolute Gasteiger partial charge is 0.436 e. The third kappa shape index (κ3) is 2.19. The zero-order valence-electron chi connectivity index (χ0n) is 11.1. The number of aryl methyl sites for hydroxylation is 1. The molecule has 0 fully saturated rings. The number of fused-ring (bicyclic) bond motifs is 1. The molecule has 0 atom stereocenters. The van der Waals surface area contributed by atoms with Gasteiger partial charge < -0.3 is 9.73 Å². The summed E-state index contributed by atoms with van der Waals surface area (Å²) in [5.74, 6) is 0.667. The molecule has 96 valence electrons. The summed E-state index contributed by atoms with van der Waals surface area (Å²) in [6, 6.07) is 14.2. The topological polar surface area (TPSA) is 38.1 Å². The zero-order valence-corrected chi connectivity index (χ0v) is 11.1. The summed E-state index contributed by atoms with van der Waals surface area (Å²) in [7, 11) is 1.90. The molecule has 1 N–H and O–H groups in total. The Labute approximate surface area is 112 Å². The molecule has 0 bridgehead atoms. The van der Waals surface area contributed by atoms with E-state index in [1.165, 1.54) is 5.56 Å². The molecule has 1 heterocycles. The van der Waals surface area contributed by atoms with Gasteiger partial charge >= 0.3 is 0 Å². The maximum Gasteiger partial charge on any atom is 0.227 e. The van der Waals surface area contributed by atoms with Crippen LogP contribution >= 0.6 is 0 Å². The third-order valence-electron chi connectivity index (χ3n) is 3.26. The van der Waals surface area contributed by atoms with Gasteiger partial charge in [-0.05, 0) is 42.3 Å². The molecule has 3 aromatic rings. The monoisotopic (exact) mass is 252 g/mol. The van der Waals surface area contributed by atoms with Crippen molar-refractivity contribution in [3.05, 3.63) is 48.0 Å². The van der Waals surface area contributed by atoms with Gasteiger partial charge in [-0.25, -0.2) is 4.98 Å². The van der Waals surface area contributed by atoms with Crippen molar-refractivity contribution in [2.24, 2.45) is 0 Å². The molecule has 0 aliphatic rings. The summed E-state index contributed by atoms with van der Waals surface area (Å²) in [5.41, 5.74) is 5.07. The number of hydrogen-bond donors (Lipinski definition) is 1. The van der Waals surface area contributed by atoms with Gasteiger partial charge in [-0.15, -0.1) is 0 Å². The number of nitrogens with one attached hydrogen (secondary N) is 1. The molecule has 3 rings (SSSR count). The van der Waals surface area contributed by atoms with Crippen molar-refractivity contribution in [2.75, 3.05) is 12.4 Å². The van der Waals surface area contributed by atoms with E-state index >= 15 is 0 Å². The Bertz CT molecular complexity index is 716. The lowest BCUT2D eigenvalue weighted by molar-refractivity contribution is 0.620. The highest BCUT2D eigenvalue weighted by molar-refractivity contribution is 5.77. The van der Waals surface area contributed by atoms with E-state index < -0.39 is 0 Å².